The fraction of sp³-hybridized carbons (Fsp3) is 0.500. The van der Waals surface area contributed by atoms with E-state index in [4.69, 9.17) is 18.0 Å². The SMILES string of the molecule is CN=CCC(N)c1nc(=S)[nH][nH]1. The molecule has 0 spiro atoms. The van der Waals surface area contributed by atoms with E-state index < -0.39 is 0 Å². The van der Waals surface area contributed by atoms with E-state index in [0.717, 1.165) is 0 Å². The number of rotatable bonds is 3. The summed E-state index contributed by atoms with van der Waals surface area (Å²) in [6, 6.07) is -0.165. The molecule has 1 atom stereocenters. The molecule has 1 heterocycles. The lowest BCUT2D eigenvalue weighted by Crippen LogP contribution is -2.12. The van der Waals surface area contributed by atoms with Gasteiger partial charge in [0.15, 0.2) is 0 Å². The minimum atomic E-state index is -0.165. The molecule has 0 fully saturated rings. The average Bonchev–Trinajstić information content (AvgIpc) is 2.47. The molecule has 0 amide bonds. The highest BCUT2D eigenvalue weighted by atomic mass is 32.1. The highest BCUT2D eigenvalue weighted by Gasteiger charge is 2.06. The van der Waals surface area contributed by atoms with Crippen molar-refractivity contribution in [3.63, 3.8) is 0 Å². The molecule has 1 aromatic rings. The lowest BCUT2D eigenvalue weighted by molar-refractivity contribution is 0.707. The normalized spacial score (nSPS) is 13.8. The van der Waals surface area contributed by atoms with E-state index in [0.29, 0.717) is 17.0 Å². The summed E-state index contributed by atoms with van der Waals surface area (Å²) in [5.74, 6) is 0.667. The highest BCUT2D eigenvalue weighted by molar-refractivity contribution is 7.71. The van der Waals surface area contributed by atoms with Gasteiger partial charge in [0, 0.05) is 19.7 Å². The number of nitrogens with two attached hydrogens (primary N) is 1. The molecule has 0 saturated heterocycles. The Morgan fingerprint density at radius 2 is 2.50 bits per heavy atom. The van der Waals surface area contributed by atoms with Crippen molar-refractivity contribution < 1.29 is 0 Å². The number of nitrogens with one attached hydrogen (secondary N) is 2. The smallest absolute Gasteiger partial charge is 0.213 e. The third-order valence-corrected chi connectivity index (χ3v) is 1.61. The standard InChI is InChI=1S/C6H11N5S/c1-8-3-2-4(7)5-9-6(12)11-10-5/h3-4H,2,7H2,1H3,(H2,9,10,11,12). The number of aromatic nitrogens is 3. The van der Waals surface area contributed by atoms with Gasteiger partial charge in [-0.3, -0.25) is 10.2 Å². The molecular weight excluding hydrogens is 174 g/mol. The molecule has 4 N–H and O–H groups in total. The molecule has 5 nitrogen and oxygen atoms in total. The van der Waals surface area contributed by atoms with Gasteiger partial charge in [0.1, 0.15) is 5.82 Å². The number of aliphatic imine (C=N–C) groups is 1. The third kappa shape index (κ3) is 2.24. The molecule has 1 unspecified atom stereocenters. The van der Waals surface area contributed by atoms with Crippen LogP contribution < -0.4 is 5.73 Å². The van der Waals surface area contributed by atoms with Crippen LogP contribution in [0.15, 0.2) is 4.99 Å². The first-order chi connectivity index (χ1) is 5.74. The van der Waals surface area contributed by atoms with E-state index in [1.165, 1.54) is 0 Å². The number of hydrogen-bond acceptors (Lipinski definition) is 4. The Morgan fingerprint density at radius 1 is 1.75 bits per heavy atom. The summed E-state index contributed by atoms with van der Waals surface area (Å²) >= 11 is 4.78. The third-order valence-electron chi connectivity index (χ3n) is 1.41. The summed E-state index contributed by atoms with van der Waals surface area (Å²) in [5, 5.41) is 5.47. The number of hydrogen-bond donors (Lipinski definition) is 3. The monoisotopic (exact) mass is 185 g/mol. The molecule has 0 aliphatic heterocycles. The average molecular weight is 185 g/mol. The molecule has 6 heteroatoms. The number of H-pyrrole nitrogens is 2. The van der Waals surface area contributed by atoms with Crippen molar-refractivity contribution in [3.8, 4) is 0 Å². The summed E-state index contributed by atoms with van der Waals surface area (Å²) in [5.41, 5.74) is 5.74. The van der Waals surface area contributed by atoms with Crippen LogP contribution in [0.25, 0.3) is 0 Å². The van der Waals surface area contributed by atoms with Gasteiger partial charge in [-0.05, 0) is 12.2 Å². The van der Waals surface area contributed by atoms with Gasteiger partial charge in [0.05, 0.1) is 6.04 Å². The van der Waals surface area contributed by atoms with Gasteiger partial charge in [-0.25, -0.2) is 4.98 Å². The van der Waals surface area contributed by atoms with Crippen LogP contribution in [0.2, 0.25) is 0 Å². The molecule has 0 aliphatic rings. The maximum absolute atomic E-state index is 5.74. The molecule has 12 heavy (non-hydrogen) atoms. The molecule has 0 aliphatic carbocycles. The first-order valence-corrected chi connectivity index (χ1v) is 3.95. The van der Waals surface area contributed by atoms with Gasteiger partial charge >= 0.3 is 0 Å². The highest BCUT2D eigenvalue weighted by Crippen LogP contribution is 2.05. The summed E-state index contributed by atoms with van der Waals surface area (Å²) < 4.78 is 0.425. The van der Waals surface area contributed by atoms with Crippen molar-refractivity contribution in [3.05, 3.63) is 10.6 Å². The maximum Gasteiger partial charge on any atom is 0.213 e. The summed E-state index contributed by atoms with van der Waals surface area (Å²) in [4.78, 5) is 7.81. The van der Waals surface area contributed by atoms with Crippen molar-refractivity contribution in [2.24, 2.45) is 10.7 Å². The zero-order chi connectivity index (χ0) is 8.97. The molecule has 1 rings (SSSR count). The van der Waals surface area contributed by atoms with Crippen molar-refractivity contribution in [1.82, 2.24) is 15.2 Å². The van der Waals surface area contributed by atoms with Crippen LogP contribution in [0.3, 0.4) is 0 Å². The fourth-order valence-corrected chi connectivity index (χ4v) is 0.938. The van der Waals surface area contributed by atoms with Crippen LogP contribution in [-0.4, -0.2) is 28.4 Å². The number of nitrogens with zero attached hydrogens (tertiary/aromatic N) is 2. The second-order valence-electron chi connectivity index (χ2n) is 2.34. The quantitative estimate of drug-likeness (QED) is 0.475. The molecule has 1 aromatic heterocycles. The summed E-state index contributed by atoms with van der Waals surface area (Å²) in [6.45, 7) is 0. The van der Waals surface area contributed by atoms with Crippen LogP contribution >= 0.6 is 12.2 Å². The van der Waals surface area contributed by atoms with E-state index >= 15 is 0 Å². The van der Waals surface area contributed by atoms with Gasteiger partial charge < -0.3 is 10.7 Å². The molecular formula is C6H11N5S. The van der Waals surface area contributed by atoms with E-state index in [-0.39, 0.29) is 6.04 Å². The summed E-state index contributed by atoms with van der Waals surface area (Å²) in [7, 11) is 1.71. The lowest BCUT2D eigenvalue weighted by Gasteiger charge is -2.02. The Kier molecular flexibility index (Phi) is 3.12. The van der Waals surface area contributed by atoms with E-state index in [1.54, 1.807) is 13.3 Å². The van der Waals surface area contributed by atoms with Gasteiger partial charge in [-0.15, -0.1) is 0 Å². The van der Waals surface area contributed by atoms with Gasteiger partial charge in [0.25, 0.3) is 0 Å². The van der Waals surface area contributed by atoms with Crippen molar-refractivity contribution in [1.29, 1.82) is 0 Å². The fourth-order valence-electron chi connectivity index (χ4n) is 0.789. The Hall–Kier alpha value is -1.01. The van der Waals surface area contributed by atoms with Crippen molar-refractivity contribution in [2.75, 3.05) is 7.05 Å². The van der Waals surface area contributed by atoms with Crippen LogP contribution in [0.1, 0.15) is 18.3 Å². The predicted octanol–water partition coefficient (Wildman–Crippen LogP) is 0.558. The molecule has 0 saturated carbocycles. The molecule has 66 valence electrons. The predicted molar refractivity (Wildman–Crippen MR) is 49.7 cm³/mol. The molecule has 0 radical (unpaired) electrons. The van der Waals surface area contributed by atoms with E-state index in [2.05, 4.69) is 20.2 Å². The molecule has 0 bridgehead atoms. The second-order valence-corrected chi connectivity index (χ2v) is 2.72. The van der Waals surface area contributed by atoms with Crippen molar-refractivity contribution >= 4 is 18.4 Å². The van der Waals surface area contributed by atoms with E-state index in [1.807, 2.05) is 0 Å². The topological polar surface area (TPSA) is 82.8 Å². The Labute approximate surface area is 75.1 Å². The minimum absolute atomic E-state index is 0.165. The van der Waals surface area contributed by atoms with Crippen LogP contribution in [0.4, 0.5) is 0 Å². The lowest BCUT2D eigenvalue weighted by atomic mass is 10.2. The minimum Gasteiger partial charge on any atom is -0.321 e. The zero-order valence-electron chi connectivity index (χ0n) is 6.74. The van der Waals surface area contributed by atoms with Crippen molar-refractivity contribution in [2.45, 2.75) is 12.5 Å². The first-order valence-electron chi connectivity index (χ1n) is 3.55. The van der Waals surface area contributed by atoms with Crippen LogP contribution in [0, 0.1) is 4.77 Å². The van der Waals surface area contributed by atoms with Gasteiger partial charge in [-0.1, -0.05) is 0 Å². The Bertz CT molecular complexity index is 312. The van der Waals surface area contributed by atoms with Crippen LogP contribution in [-0.2, 0) is 0 Å². The summed E-state index contributed by atoms with van der Waals surface area (Å²) in [6.07, 6.45) is 2.41. The van der Waals surface area contributed by atoms with Crippen LogP contribution in [0.5, 0.6) is 0 Å². The zero-order valence-corrected chi connectivity index (χ0v) is 7.56. The van der Waals surface area contributed by atoms with Gasteiger partial charge in [-0.2, -0.15) is 0 Å². The van der Waals surface area contributed by atoms with Gasteiger partial charge in [0.2, 0.25) is 4.77 Å². The number of aromatic amines is 2. The Morgan fingerprint density at radius 3 is 3.00 bits per heavy atom. The largest absolute Gasteiger partial charge is 0.321 e. The maximum atomic E-state index is 5.74. The Balaban J connectivity index is 2.64. The van der Waals surface area contributed by atoms with E-state index in [9.17, 15) is 0 Å². The second kappa shape index (κ2) is 4.13. The first kappa shape index (κ1) is 9.08. The molecule has 0 aromatic carbocycles.